The number of hydrogen-bond donors (Lipinski definition) is 0. The molecule has 0 amide bonds. The van der Waals surface area contributed by atoms with Gasteiger partial charge >= 0.3 is 0 Å². The zero-order valence-corrected chi connectivity index (χ0v) is 27.6. The zero-order chi connectivity index (χ0) is 32.9. The van der Waals surface area contributed by atoms with Crippen molar-refractivity contribution >= 4 is 28.3 Å². The molecule has 7 rings (SSSR count). The maximum atomic E-state index is 6.69. The van der Waals surface area contributed by atoms with Gasteiger partial charge in [-0.25, -0.2) is 9.67 Å². The molecule has 0 saturated heterocycles. The molecule has 0 unspecified atom stereocenters. The summed E-state index contributed by atoms with van der Waals surface area (Å²) in [6.45, 7) is 1.19. The van der Waals surface area contributed by atoms with E-state index in [1.54, 1.807) is 14.2 Å². The Morgan fingerprint density at radius 1 is 0.625 bits per heavy atom. The summed E-state index contributed by atoms with van der Waals surface area (Å²) in [5, 5.41) is 6.88. The molecule has 2 heterocycles. The summed E-state index contributed by atoms with van der Waals surface area (Å²) in [5.41, 5.74) is 5.49. The number of nitrogens with zero attached hydrogens (tertiary/aromatic N) is 4. The molecule has 0 N–H and O–H groups in total. The molecule has 0 atom stereocenters. The van der Waals surface area contributed by atoms with Crippen molar-refractivity contribution in [3.63, 3.8) is 0 Å². The van der Waals surface area contributed by atoms with Crippen molar-refractivity contribution in [2.24, 2.45) is 0 Å². The first-order valence-corrected chi connectivity index (χ1v) is 16.2. The second-order valence-electron chi connectivity index (χ2n) is 11.6. The van der Waals surface area contributed by atoms with Crippen LogP contribution in [0.1, 0.15) is 27.8 Å². The monoisotopic (exact) mass is 650 g/mol. The third kappa shape index (κ3) is 5.87. The lowest BCUT2D eigenvalue weighted by atomic mass is 9.77. The van der Waals surface area contributed by atoms with E-state index in [4.69, 9.17) is 26.2 Å². The lowest BCUT2D eigenvalue weighted by molar-refractivity contribution is 0.414. The van der Waals surface area contributed by atoms with Crippen LogP contribution in [0, 0.1) is 0 Å². The molecule has 0 spiro atoms. The predicted octanol–water partition coefficient (Wildman–Crippen LogP) is 9.15. The minimum atomic E-state index is -0.836. The Kier molecular flexibility index (Phi) is 8.82. The van der Waals surface area contributed by atoms with E-state index in [2.05, 4.69) is 112 Å². The molecule has 0 fully saturated rings. The van der Waals surface area contributed by atoms with Crippen LogP contribution in [-0.4, -0.2) is 29.0 Å². The Morgan fingerprint density at radius 2 is 1.06 bits per heavy atom. The van der Waals surface area contributed by atoms with Crippen LogP contribution in [0.15, 0.2) is 152 Å². The smallest absolute Gasteiger partial charge is 0.160 e. The topological polar surface area (TPSA) is 52.4 Å². The summed E-state index contributed by atoms with van der Waals surface area (Å²) in [7, 11) is 3.36. The summed E-state index contributed by atoms with van der Waals surface area (Å²) in [5.74, 6) is 2.42. The van der Waals surface area contributed by atoms with E-state index in [0.717, 1.165) is 56.0 Å². The average Bonchev–Trinajstić information content (AvgIpc) is 3.52. The van der Waals surface area contributed by atoms with Crippen molar-refractivity contribution in [3.8, 4) is 11.5 Å². The van der Waals surface area contributed by atoms with Gasteiger partial charge in [0.1, 0.15) is 22.2 Å². The number of benzene rings is 5. The lowest BCUT2D eigenvalue weighted by Crippen LogP contribution is -2.38. The fraction of sp³-hybridized carbons (Fsp3) is 0.122. The maximum absolute atomic E-state index is 6.69. The molecule has 0 aliphatic heterocycles. The van der Waals surface area contributed by atoms with Gasteiger partial charge in [0.2, 0.25) is 0 Å². The van der Waals surface area contributed by atoms with Crippen molar-refractivity contribution in [1.82, 2.24) is 14.8 Å². The minimum Gasteiger partial charge on any atom is -0.497 e. The summed E-state index contributed by atoms with van der Waals surface area (Å²) in [6, 6.07) is 49.9. The van der Waals surface area contributed by atoms with Crippen molar-refractivity contribution in [1.29, 1.82) is 0 Å². The normalized spacial score (nSPS) is 11.4. The number of ether oxygens (including phenoxy) is 2. The molecule has 238 valence electrons. The van der Waals surface area contributed by atoms with Gasteiger partial charge in [0.15, 0.2) is 5.82 Å². The number of anilines is 1. The molecule has 5 aromatic carbocycles. The predicted molar refractivity (Wildman–Crippen MR) is 193 cm³/mol. The SMILES string of the molecule is COc1ccc(CN(Cc2ccc(OC)cc2)c2nn(C(c3ccccc3)(c3ccccc3)c3ccccc3)c3cc(Cl)ncc23)cc1. The van der Waals surface area contributed by atoms with E-state index in [1.807, 2.05) is 54.7 Å². The Labute approximate surface area is 285 Å². The van der Waals surface area contributed by atoms with Crippen LogP contribution >= 0.6 is 11.6 Å². The molecule has 6 nitrogen and oxygen atoms in total. The van der Waals surface area contributed by atoms with Crippen LogP contribution in [0.2, 0.25) is 5.15 Å². The van der Waals surface area contributed by atoms with E-state index < -0.39 is 5.54 Å². The average molecular weight is 651 g/mol. The van der Waals surface area contributed by atoms with E-state index in [1.165, 1.54) is 0 Å². The Bertz CT molecular complexity index is 1950. The highest BCUT2D eigenvalue weighted by Crippen LogP contribution is 2.44. The Balaban J connectivity index is 1.50. The second kappa shape index (κ2) is 13.6. The fourth-order valence-corrected chi connectivity index (χ4v) is 6.62. The molecular formula is C41H35ClN4O2. The van der Waals surface area contributed by atoms with Gasteiger partial charge in [-0.1, -0.05) is 127 Å². The van der Waals surface area contributed by atoms with Crippen LogP contribution in [0.3, 0.4) is 0 Å². The highest BCUT2D eigenvalue weighted by atomic mass is 35.5. The van der Waals surface area contributed by atoms with E-state index in [-0.39, 0.29) is 0 Å². The lowest BCUT2D eigenvalue weighted by Gasteiger charge is -2.37. The summed E-state index contributed by atoms with van der Waals surface area (Å²) in [6.07, 6.45) is 1.84. The van der Waals surface area contributed by atoms with Crippen molar-refractivity contribution in [2.45, 2.75) is 18.6 Å². The van der Waals surface area contributed by atoms with Gasteiger partial charge in [-0.3, -0.25) is 0 Å². The highest BCUT2D eigenvalue weighted by molar-refractivity contribution is 6.30. The molecular weight excluding hydrogens is 616 g/mol. The highest BCUT2D eigenvalue weighted by Gasteiger charge is 2.41. The van der Waals surface area contributed by atoms with Crippen LogP contribution in [-0.2, 0) is 18.6 Å². The molecule has 2 aromatic heterocycles. The van der Waals surface area contributed by atoms with E-state index in [0.29, 0.717) is 18.2 Å². The van der Waals surface area contributed by atoms with Crippen molar-refractivity contribution in [3.05, 3.63) is 185 Å². The first-order valence-electron chi connectivity index (χ1n) is 15.8. The maximum Gasteiger partial charge on any atom is 0.160 e. The number of pyridine rings is 1. The van der Waals surface area contributed by atoms with Gasteiger partial charge < -0.3 is 14.4 Å². The fourth-order valence-electron chi connectivity index (χ4n) is 6.47. The summed E-state index contributed by atoms with van der Waals surface area (Å²) >= 11 is 6.69. The molecule has 0 aliphatic rings. The van der Waals surface area contributed by atoms with Crippen LogP contribution in [0.25, 0.3) is 10.9 Å². The molecule has 0 bridgehead atoms. The number of rotatable bonds is 11. The summed E-state index contributed by atoms with van der Waals surface area (Å²) < 4.78 is 13.0. The van der Waals surface area contributed by atoms with E-state index >= 15 is 0 Å². The molecule has 7 aromatic rings. The second-order valence-corrected chi connectivity index (χ2v) is 12.0. The molecule has 0 aliphatic carbocycles. The molecule has 48 heavy (non-hydrogen) atoms. The van der Waals surface area contributed by atoms with Gasteiger partial charge in [0.25, 0.3) is 0 Å². The molecule has 7 heteroatoms. The first kappa shape index (κ1) is 31.0. The number of hydrogen-bond acceptors (Lipinski definition) is 5. The van der Waals surface area contributed by atoms with Gasteiger partial charge in [-0.2, -0.15) is 5.10 Å². The minimum absolute atomic E-state index is 0.398. The summed E-state index contributed by atoms with van der Waals surface area (Å²) in [4.78, 5) is 6.87. The number of halogens is 1. The molecule has 0 saturated carbocycles. The Hall–Kier alpha value is -5.59. The van der Waals surface area contributed by atoms with Gasteiger partial charge in [0, 0.05) is 25.4 Å². The number of aromatic nitrogens is 3. The van der Waals surface area contributed by atoms with Crippen LogP contribution < -0.4 is 14.4 Å². The van der Waals surface area contributed by atoms with Crippen molar-refractivity contribution in [2.75, 3.05) is 19.1 Å². The Morgan fingerprint density at radius 3 is 1.48 bits per heavy atom. The van der Waals surface area contributed by atoms with Crippen molar-refractivity contribution < 1.29 is 9.47 Å². The standard InChI is InChI=1S/C41H35ClN4O2/c1-47-35-22-18-30(19-23-35)28-45(29-31-20-24-36(48-2)25-21-31)40-37-27-43-39(42)26-38(37)46(44-40)41(32-12-6-3-7-13-32,33-14-8-4-9-15-33)34-16-10-5-11-17-34/h3-27H,28-29H2,1-2H3. The zero-order valence-electron chi connectivity index (χ0n) is 26.8. The van der Waals surface area contributed by atoms with Gasteiger partial charge in [0.05, 0.1) is 25.1 Å². The quantitative estimate of drug-likeness (QED) is 0.103. The van der Waals surface area contributed by atoms with Gasteiger partial charge in [-0.05, 0) is 52.1 Å². The van der Waals surface area contributed by atoms with Crippen LogP contribution in [0.4, 0.5) is 5.82 Å². The largest absolute Gasteiger partial charge is 0.497 e. The number of fused-ring (bicyclic) bond motifs is 1. The first-order chi connectivity index (χ1) is 23.6. The number of methoxy groups -OCH3 is 2. The van der Waals surface area contributed by atoms with E-state index in [9.17, 15) is 0 Å². The third-order valence-electron chi connectivity index (χ3n) is 8.77. The van der Waals surface area contributed by atoms with Crippen LogP contribution in [0.5, 0.6) is 11.5 Å². The molecule has 0 radical (unpaired) electrons. The van der Waals surface area contributed by atoms with Gasteiger partial charge in [-0.15, -0.1) is 0 Å². The third-order valence-corrected chi connectivity index (χ3v) is 8.98.